The molecular weight excluding hydrogens is 242 g/mol. The minimum absolute atomic E-state index is 0.0601. The average molecular weight is 263 g/mol. The van der Waals surface area contributed by atoms with Gasteiger partial charge in [0.25, 0.3) is 5.91 Å². The first kappa shape index (κ1) is 13.8. The predicted octanol–water partition coefficient (Wildman–Crippen LogP) is 1.39. The molecule has 5 heteroatoms. The number of carbonyl (C=O) groups excluding carboxylic acids is 1. The van der Waals surface area contributed by atoms with Crippen LogP contribution in [-0.4, -0.2) is 47.1 Å². The second kappa shape index (κ2) is 6.52. The molecule has 2 rings (SSSR count). The first-order valence-electron chi connectivity index (χ1n) is 6.80. The van der Waals surface area contributed by atoms with Gasteiger partial charge in [0.15, 0.2) is 0 Å². The van der Waals surface area contributed by atoms with Crippen molar-refractivity contribution in [3.05, 3.63) is 24.0 Å². The van der Waals surface area contributed by atoms with E-state index < -0.39 is 0 Å². The summed E-state index contributed by atoms with van der Waals surface area (Å²) >= 11 is 0. The van der Waals surface area contributed by atoms with Gasteiger partial charge in [0.05, 0.1) is 11.8 Å². The molecule has 1 aromatic heterocycles. The summed E-state index contributed by atoms with van der Waals surface area (Å²) in [6.07, 6.45) is 7.46. The molecule has 0 aliphatic carbocycles. The predicted molar refractivity (Wildman–Crippen MR) is 73.1 cm³/mol. The molecule has 1 amide bonds. The van der Waals surface area contributed by atoms with E-state index in [9.17, 15) is 9.90 Å². The highest BCUT2D eigenvalue weighted by Gasteiger charge is 2.18. The van der Waals surface area contributed by atoms with Crippen molar-refractivity contribution >= 4 is 5.91 Å². The summed E-state index contributed by atoms with van der Waals surface area (Å²) in [7, 11) is 1.77. The van der Waals surface area contributed by atoms with E-state index in [0.717, 1.165) is 13.0 Å². The lowest BCUT2D eigenvalue weighted by Crippen LogP contribution is -2.38. The largest absolute Gasteiger partial charge is 0.505 e. The molecule has 0 bridgehead atoms. The molecule has 2 N–H and O–H groups in total. The molecule has 1 aliphatic rings. The van der Waals surface area contributed by atoms with Crippen LogP contribution >= 0.6 is 0 Å². The van der Waals surface area contributed by atoms with Gasteiger partial charge in [-0.1, -0.05) is 6.42 Å². The Bertz CT molecular complexity index is 430. The molecule has 1 fully saturated rings. The smallest absolute Gasteiger partial charge is 0.257 e. The number of aromatic nitrogens is 1. The van der Waals surface area contributed by atoms with Crippen LogP contribution in [0.4, 0.5) is 0 Å². The Balaban J connectivity index is 1.87. The fourth-order valence-corrected chi connectivity index (χ4v) is 2.39. The highest BCUT2D eigenvalue weighted by molar-refractivity contribution is 5.96. The number of amides is 1. The Morgan fingerprint density at radius 1 is 1.58 bits per heavy atom. The summed E-state index contributed by atoms with van der Waals surface area (Å²) in [6.45, 7) is 1.77. The summed E-state index contributed by atoms with van der Waals surface area (Å²) in [5.41, 5.74) is 0.314. The zero-order valence-electron chi connectivity index (χ0n) is 11.3. The summed E-state index contributed by atoms with van der Waals surface area (Å²) in [5, 5.41) is 13.1. The number of hydrogen-bond donors (Lipinski definition) is 2. The number of aromatic hydroxyl groups is 1. The number of rotatable bonds is 4. The Labute approximate surface area is 113 Å². The van der Waals surface area contributed by atoms with E-state index in [1.54, 1.807) is 18.0 Å². The van der Waals surface area contributed by atoms with Crippen molar-refractivity contribution in [2.45, 2.75) is 31.7 Å². The summed E-state index contributed by atoms with van der Waals surface area (Å²) in [5.74, 6) is -0.217. The second-order valence-electron chi connectivity index (χ2n) is 5.06. The van der Waals surface area contributed by atoms with E-state index in [0.29, 0.717) is 18.2 Å². The van der Waals surface area contributed by atoms with Crippen molar-refractivity contribution in [1.82, 2.24) is 15.2 Å². The van der Waals surface area contributed by atoms with Crippen molar-refractivity contribution in [2.75, 3.05) is 20.1 Å². The second-order valence-corrected chi connectivity index (χ2v) is 5.06. The van der Waals surface area contributed by atoms with Gasteiger partial charge in [-0.2, -0.15) is 0 Å². The summed E-state index contributed by atoms with van der Waals surface area (Å²) in [6, 6.07) is 2.06. The normalized spacial score (nSPS) is 19.1. The SMILES string of the molecule is CN(CCC1CCCCN1)C(=O)c1ccncc1O. The Hall–Kier alpha value is -1.62. The molecule has 1 saturated heterocycles. The molecule has 0 spiro atoms. The van der Waals surface area contributed by atoms with Gasteiger partial charge in [-0.3, -0.25) is 9.78 Å². The van der Waals surface area contributed by atoms with Crippen molar-refractivity contribution in [3.63, 3.8) is 0 Å². The third kappa shape index (κ3) is 3.67. The van der Waals surface area contributed by atoms with Crippen LogP contribution in [0.2, 0.25) is 0 Å². The molecular formula is C14H21N3O2. The van der Waals surface area contributed by atoms with Gasteiger partial charge in [0.1, 0.15) is 5.75 Å². The molecule has 1 unspecified atom stereocenters. The van der Waals surface area contributed by atoms with Crippen molar-refractivity contribution in [3.8, 4) is 5.75 Å². The Morgan fingerprint density at radius 2 is 2.42 bits per heavy atom. The molecule has 1 aromatic rings. The van der Waals surface area contributed by atoms with Crippen LogP contribution in [0.1, 0.15) is 36.0 Å². The highest BCUT2D eigenvalue weighted by Crippen LogP contribution is 2.16. The lowest BCUT2D eigenvalue weighted by atomic mass is 10.0. The first-order valence-corrected chi connectivity index (χ1v) is 6.80. The van der Waals surface area contributed by atoms with E-state index >= 15 is 0 Å². The molecule has 19 heavy (non-hydrogen) atoms. The summed E-state index contributed by atoms with van der Waals surface area (Å²) < 4.78 is 0. The molecule has 5 nitrogen and oxygen atoms in total. The number of nitrogens with one attached hydrogen (secondary N) is 1. The highest BCUT2D eigenvalue weighted by atomic mass is 16.3. The quantitative estimate of drug-likeness (QED) is 0.861. The van der Waals surface area contributed by atoms with E-state index in [4.69, 9.17) is 0 Å². The van der Waals surface area contributed by atoms with Crippen LogP contribution in [0, 0.1) is 0 Å². The maximum Gasteiger partial charge on any atom is 0.257 e. The van der Waals surface area contributed by atoms with E-state index in [2.05, 4.69) is 10.3 Å². The molecule has 0 saturated carbocycles. The molecule has 0 radical (unpaired) electrons. The molecule has 1 aliphatic heterocycles. The maximum absolute atomic E-state index is 12.2. The fraction of sp³-hybridized carbons (Fsp3) is 0.571. The summed E-state index contributed by atoms with van der Waals surface area (Å²) in [4.78, 5) is 17.6. The third-order valence-corrected chi connectivity index (χ3v) is 3.60. The first-order chi connectivity index (χ1) is 9.18. The maximum atomic E-state index is 12.2. The van der Waals surface area contributed by atoms with Crippen LogP contribution in [0.25, 0.3) is 0 Å². The number of piperidine rings is 1. The van der Waals surface area contributed by atoms with E-state index in [1.165, 1.54) is 31.7 Å². The number of pyridine rings is 1. The topological polar surface area (TPSA) is 65.5 Å². The van der Waals surface area contributed by atoms with Crippen LogP contribution in [0.15, 0.2) is 18.5 Å². The molecule has 0 aromatic carbocycles. The third-order valence-electron chi connectivity index (χ3n) is 3.60. The van der Waals surface area contributed by atoms with Gasteiger partial charge in [0.2, 0.25) is 0 Å². The molecule has 2 heterocycles. The van der Waals surface area contributed by atoms with Gasteiger partial charge in [-0.15, -0.1) is 0 Å². The average Bonchev–Trinajstić information content (AvgIpc) is 2.45. The van der Waals surface area contributed by atoms with Crippen LogP contribution in [-0.2, 0) is 0 Å². The fourth-order valence-electron chi connectivity index (χ4n) is 2.39. The lowest BCUT2D eigenvalue weighted by molar-refractivity contribution is 0.0785. The van der Waals surface area contributed by atoms with Gasteiger partial charge in [-0.05, 0) is 31.9 Å². The van der Waals surface area contributed by atoms with Gasteiger partial charge < -0.3 is 15.3 Å². The molecule has 104 valence electrons. The Morgan fingerprint density at radius 3 is 3.11 bits per heavy atom. The minimum atomic E-state index is -0.157. The van der Waals surface area contributed by atoms with Crippen molar-refractivity contribution in [1.29, 1.82) is 0 Å². The lowest BCUT2D eigenvalue weighted by Gasteiger charge is -2.26. The minimum Gasteiger partial charge on any atom is -0.505 e. The standard InChI is InChI=1S/C14H21N3O2/c1-17(9-6-11-4-2-3-7-16-11)14(19)12-5-8-15-10-13(12)18/h5,8,10-11,16,18H,2-4,6-7,9H2,1H3. The number of carbonyl (C=O) groups is 1. The number of nitrogens with zero attached hydrogens (tertiary/aromatic N) is 2. The van der Waals surface area contributed by atoms with Crippen LogP contribution in [0.3, 0.4) is 0 Å². The van der Waals surface area contributed by atoms with Crippen molar-refractivity contribution in [2.24, 2.45) is 0 Å². The monoisotopic (exact) mass is 263 g/mol. The van der Waals surface area contributed by atoms with E-state index in [-0.39, 0.29) is 11.7 Å². The van der Waals surface area contributed by atoms with E-state index in [1.807, 2.05) is 0 Å². The molecule has 1 atom stereocenters. The van der Waals surface area contributed by atoms with Gasteiger partial charge in [-0.25, -0.2) is 0 Å². The van der Waals surface area contributed by atoms with Crippen LogP contribution < -0.4 is 5.32 Å². The Kier molecular flexibility index (Phi) is 4.74. The number of hydrogen-bond acceptors (Lipinski definition) is 4. The zero-order chi connectivity index (χ0) is 13.7. The van der Waals surface area contributed by atoms with Crippen molar-refractivity contribution < 1.29 is 9.90 Å². The van der Waals surface area contributed by atoms with Gasteiger partial charge >= 0.3 is 0 Å². The van der Waals surface area contributed by atoms with Gasteiger partial charge in [0, 0.05) is 25.8 Å². The van der Waals surface area contributed by atoms with Crippen LogP contribution in [0.5, 0.6) is 5.75 Å². The zero-order valence-corrected chi connectivity index (χ0v) is 11.3.